The normalized spacial score (nSPS) is 10.9. The minimum absolute atomic E-state index is 0.0642. The molecule has 23 heavy (non-hydrogen) atoms. The number of carbonyl (C=O) groups is 1. The number of unbranched alkanes of at least 4 members (excludes halogenated alkanes) is 15. The van der Waals surface area contributed by atoms with Gasteiger partial charge in [-0.2, -0.15) is 0 Å². The zero-order chi connectivity index (χ0) is 17.0. The standard InChI is InChI=1S/C20H39IO2/c1-23-20(22)18-16-14-12-10-8-6-4-2-3-5-7-9-11-13-15-17-19-21/h2-19H2,1H3. The Morgan fingerprint density at radius 1 is 0.609 bits per heavy atom. The fourth-order valence-corrected chi connectivity index (χ4v) is 3.48. The van der Waals surface area contributed by atoms with Gasteiger partial charge >= 0.3 is 5.97 Å². The Morgan fingerprint density at radius 3 is 1.22 bits per heavy atom. The van der Waals surface area contributed by atoms with Crippen molar-refractivity contribution in [2.24, 2.45) is 0 Å². The van der Waals surface area contributed by atoms with Gasteiger partial charge < -0.3 is 4.74 Å². The van der Waals surface area contributed by atoms with Crippen molar-refractivity contribution in [3.05, 3.63) is 0 Å². The fraction of sp³-hybridized carbons (Fsp3) is 0.950. The average Bonchev–Trinajstić information content (AvgIpc) is 2.57. The lowest BCUT2D eigenvalue weighted by Gasteiger charge is -2.03. The molecule has 0 rings (SSSR count). The van der Waals surface area contributed by atoms with Gasteiger partial charge in [0.1, 0.15) is 0 Å². The highest BCUT2D eigenvalue weighted by Gasteiger charge is 1.99. The number of hydrogen-bond donors (Lipinski definition) is 0. The van der Waals surface area contributed by atoms with Gasteiger partial charge in [-0.25, -0.2) is 0 Å². The van der Waals surface area contributed by atoms with E-state index in [1.54, 1.807) is 0 Å². The first-order valence-electron chi connectivity index (χ1n) is 9.94. The van der Waals surface area contributed by atoms with Gasteiger partial charge in [-0.3, -0.25) is 4.79 Å². The average molecular weight is 438 g/mol. The van der Waals surface area contributed by atoms with Gasteiger partial charge in [0.05, 0.1) is 7.11 Å². The predicted molar refractivity (Wildman–Crippen MR) is 109 cm³/mol. The molecule has 0 aliphatic rings. The van der Waals surface area contributed by atoms with Crippen LogP contribution in [-0.2, 0) is 9.53 Å². The highest BCUT2D eigenvalue weighted by Crippen LogP contribution is 2.14. The molecule has 0 amide bonds. The van der Waals surface area contributed by atoms with Crippen molar-refractivity contribution in [1.29, 1.82) is 0 Å². The Balaban J connectivity index is 2.99. The third-order valence-corrected chi connectivity index (χ3v) is 5.25. The Morgan fingerprint density at radius 2 is 0.913 bits per heavy atom. The zero-order valence-corrected chi connectivity index (χ0v) is 17.6. The summed E-state index contributed by atoms with van der Waals surface area (Å²) in [7, 11) is 1.47. The molecule has 3 heteroatoms. The Labute approximate surface area is 158 Å². The van der Waals surface area contributed by atoms with E-state index in [1.807, 2.05) is 0 Å². The van der Waals surface area contributed by atoms with Gasteiger partial charge in [0.25, 0.3) is 0 Å². The lowest BCUT2D eigenvalue weighted by Crippen LogP contribution is -1.99. The molecule has 0 fully saturated rings. The van der Waals surface area contributed by atoms with Crippen LogP contribution in [0.25, 0.3) is 0 Å². The van der Waals surface area contributed by atoms with E-state index in [9.17, 15) is 4.79 Å². The zero-order valence-electron chi connectivity index (χ0n) is 15.4. The van der Waals surface area contributed by atoms with Gasteiger partial charge in [-0.1, -0.05) is 112 Å². The van der Waals surface area contributed by atoms with E-state index in [0.29, 0.717) is 6.42 Å². The molecule has 0 bridgehead atoms. The van der Waals surface area contributed by atoms with Crippen LogP contribution in [0, 0.1) is 0 Å². The number of ether oxygens (including phenoxy) is 1. The molecule has 2 nitrogen and oxygen atoms in total. The molecular formula is C20H39IO2. The number of halogens is 1. The summed E-state index contributed by atoms with van der Waals surface area (Å²) in [4.78, 5) is 10.9. The van der Waals surface area contributed by atoms with E-state index in [1.165, 1.54) is 108 Å². The van der Waals surface area contributed by atoms with Gasteiger partial charge in [-0.15, -0.1) is 0 Å². The number of carbonyl (C=O) groups excluding carboxylic acids is 1. The lowest BCUT2D eigenvalue weighted by atomic mass is 10.0. The summed E-state index contributed by atoms with van der Waals surface area (Å²) in [6.45, 7) is 0. The molecule has 0 aromatic rings. The van der Waals surface area contributed by atoms with E-state index < -0.39 is 0 Å². The summed E-state index contributed by atoms with van der Waals surface area (Å²) in [5, 5.41) is 0. The first-order chi connectivity index (χ1) is 11.3. The summed E-state index contributed by atoms with van der Waals surface area (Å²) in [5.41, 5.74) is 0. The largest absolute Gasteiger partial charge is 0.469 e. The van der Waals surface area contributed by atoms with E-state index >= 15 is 0 Å². The van der Waals surface area contributed by atoms with Crippen LogP contribution >= 0.6 is 22.6 Å². The Bertz CT molecular complexity index is 244. The summed E-state index contributed by atoms with van der Waals surface area (Å²) >= 11 is 2.48. The van der Waals surface area contributed by atoms with Crippen LogP contribution in [0.3, 0.4) is 0 Å². The molecule has 0 atom stereocenters. The van der Waals surface area contributed by atoms with Gasteiger partial charge in [0.2, 0.25) is 0 Å². The summed E-state index contributed by atoms with van der Waals surface area (Å²) in [6.07, 6.45) is 22.5. The molecule has 138 valence electrons. The van der Waals surface area contributed by atoms with Crippen LogP contribution in [0.2, 0.25) is 0 Å². The number of rotatable bonds is 18. The second kappa shape index (κ2) is 20.2. The maximum absolute atomic E-state index is 10.9. The van der Waals surface area contributed by atoms with E-state index in [-0.39, 0.29) is 5.97 Å². The van der Waals surface area contributed by atoms with Crippen molar-refractivity contribution in [1.82, 2.24) is 0 Å². The molecule has 0 saturated heterocycles. The number of alkyl halides is 1. The SMILES string of the molecule is COC(=O)CCCCCCCCCCCCCCCCCCI. The van der Waals surface area contributed by atoms with Gasteiger partial charge in [0, 0.05) is 6.42 Å². The first kappa shape index (κ1) is 23.2. The molecule has 0 N–H and O–H groups in total. The molecule has 0 aliphatic heterocycles. The molecule has 0 aromatic heterocycles. The fourth-order valence-electron chi connectivity index (χ4n) is 2.94. The minimum Gasteiger partial charge on any atom is -0.469 e. The van der Waals surface area contributed by atoms with Crippen molar-refractivity contribution in [3.8, 4) is 0 Å². The Hall–Kier alpha value is 0.200. The highest BCUT2D eigenvalue weighted by atomic mass is 127. The molecule has 0 spiro atoms. The van der Waals surface area contributed by atoms with Crippen molar-refractivity contribution in [2.75, 3.05) is 11.5 Å². The number of hydrogen-bond acceptors (Lipinski definition) is 2. The van der Waals surface area contributed by atoms with E-state index in [2.05, 4.69) is 27.3 Å². The molecule has 0 heterocycles. The maximum Gasteiger partial charge on any atom is 0.305 e. The first-order valence-corrected chi connectivity index (χ1v) is 11.5. The summed E-state index contributed by atoms with van der Waals surface area (Å²) < 4.78 is 5.96. The minimum atomic E-state index is -0.0642. The third kappa shape index (κ3) is 20.2. The van der Waals surface area contributed by atoms with Gasteiger partial charge in [0.15, 0.2) is 0 Å². The van der Waals surface area contributed by atoms with E-state index in [0.717, 1.165) is 6.42 Å². The summed E-state index contributed by atoms with van der Waals surface area (Å²) in [5.74, 6) is -0.0642. The lowest BCUT2D eigenvalue weighted by molar-refractivity contribution is -0.140. The monoisotopic (exact) mass is 438 g/mol. The van der Waals surface area contributed by atoms with Crippen LogP contribution in [0.1, 0.15) is 109 Å². The van der Waals surface area contributed by atoms with Crippen molar-refractivity contribution < 1.29 is 9.53 Å². The molecule has 0 aliphatic carbocycles. The van der Waals surface area contributed by atoms with Crippen molar-refractivity contribution >= 4 is 28.6 Å². The maximum atomic E-state index is 10.9. The van der Waals surface area contributed by atoms with Crippen LogP contribution in [0.4, 0.5) is 0 Å². The second-order valence-corrected chi connectivity index (χ2v) is 7.75. The van der Waals surface area contributed by atoms with Crippen LogP contribution in [0.5, 0.6) is 0 Å². The number of methoxy groups -OCH3 is 1. The molecule has 0 aromatic carbocycles. The van der Waals surface area contributed by atoms with Crippen molar-refractivity contribution in [3.63, 3.8) is 0 Å². The molecule has 0 radical (unpaired) electrons. The topological polar surface area (TPSA) is 26.3 Å². The van der Waals surface area contributed by atoms with Crippen LogP contribution in [0.15, 0.2) is 0 Å². The predicted octanol–water partition coefficient (Wildman–Crippen LogP) is 7.23. The molecule has 0 unspecified atom stereocenters. The third-order valence-electron chi connectivity index (χ3n) is 4.49. The van der Waals surface area contributed by atoms with Crippen LogP contribution < -0.4 is 0 Å². The van der Waals surface area contributed by atoms with Gasteiger partial charge in [-0.05, 0) is 17.3 Å². The molecule has 0 saturated carbocycles. The Kier molecular flexibility index (Phi) is 20.4. The second-order valence-electron chi connectivity index (χ2n) is 6.67. The van der Waals surface area contributed by atoms with Crippen LogP contribution in [-0.4, -0.2) is 17.5 Å². The smallest absolute Gasteiger partial charge is 0.305 e. The summed E-state index contributed by atoms with van der Waals surface area (Å²) in [6, 6.07) is 0. The van der Waals surface area contributed by atoms with Crippen molar-refractivity contribution in [2.45, 2.75) is 109 Å². The quantitative estimate of drug-likeness (QED) is 0.0977. The highest BCUT2D eigenvalue weighted by molar-refractivity contribution is 14.1. The molecular weight excluding hydrogens is 399 g/mol. The number of esters is 1. The van der Waals surface area contributed by atoms with E-state index in [4.69, 9.17) is 0 Å².